The van der Waals surface area contributed by atoms with E-state index in [1.54, 1.807) is 0 Å². The van der Waals surface area contributed by atoms with Gasteiger partial charge in [0.1, 0.15) is 6.61 Å². The smallest absolute Gasteiger partial charge is 0.306 e. The minimum atomic E-state index is -0.574. The number of hydrogen-bond donors (Lipinski definition) is 0. The minimum Gasteiger partial charge on any atom is -0.462 e. The van der Waals surface area contributed by atoms with Crippen molar-refractivity contribution in [2.75, 3.05) is 19.8 Å². The molecular formula is C69H114O5. The van der Waals surface area contributed by atoms with Crippen molar-refractivity contribution < 1.29 is 23.8 Å². The maximum absolute atomic E-state index is 12.9. The molecule has 0 aliphatic carbocycles. The summed E-state index contributed by atoms with van der Waals surface area (Å²) >= 11 is 0. The maximum atomic E-state index is 12.9. The molecule has 74 heavy (non-hydrogen) atoms. The molecule has 0 amide bonds. The van der Waals surface area contributed by atoms with E-state index < -0.39 is 6.10 Å². The molecule has 0 N–H and O–H groups in total. The van der Waals surface area contributed by atoms with E-state index in [1.807, 2.05) is 0 Å². The van der Waals surface area contributed by atoms with Gasteiger partial charge in [-0.15, -0.1) is 0 Å². The predicted octanol–water partition coefficient (Wildman–Crippen LogP) is 21.5. The lowest BCUT2D eigenvalue weighted by atomic mass is 10.1. The summed E-state index contributed by atoms with van der Waals surface area (Å²) in [6.45, 7) is 7.59. The van der Waals surface area contributed by atoms with Crippen LogP contribution in [0.15, 0.2) is 134 Å². The van der Waals surface area contributed by atoms with Gasteiger partial charge in [-0.05, 0) is 141 Å². The Bertz CT molecular complexity index is 1530. The number of unbranched alkanes of at least 4 members (excludes halogenated alkanes) is 22. The zero-order valence-electron chi connectivity index (χ0n) is 48.3. The molecule has 0 fully saturated rings. The summed E-state index contributed by atoms with van der Waals surface area (Å²) in [6.07, 6.45) is 90.4. The molecule has 0 aromatic carbocycles. The summed E-state index contributed by atoms with van der Waals surface area (Å²) in [5, 5.41) is 0. The average molecular weight is 1020 g/mol. The van der Waals surface area contributed by atoms with Gasteiger partial charge in [-0.2, -0.15) is 0 Å². The zero-order chi connectivity index (χ0) is 53.4. The Labute approximate surface area is 458 Å². The highest BCUT2D eigenvalue weighted by molar-refractivity contribution is 5.70. The van der Waals surface area contributed by atoms with Crippen LogP contribution < -0.4 is 0 Å². The predicted molar refractivity (Wildman–Crippen MR) is 325 cm³/mol. The SMILES string of the molecule is CC/C=C\C/C=C\C/C=C\C/C=C\C/C=C\CCCCCC(=O)OCC(COCCCCCCCCC/C=C\C/C=C\C/C=C\CCCCC)OC(=O)CCCCCCCC/C=C\C/C=C\C/C=C\CCCCC. The van der Waals surface area contributed by atoms with Crippen molar-refractivity contribution in [1.82, 2.24) is 0 Å². The van der Waals surface area contributed by atoms with Crippen LogP contribution in [0, 0.1) is 0 Å². The average Bonchev–Trinajstić information content (AvgIpc) is 3.40. The fourth-order valence-electron chi connectivity index (χ4n) is 8.08. The molecular weight excluding hydrogens is 909 g/mol. The second-order valence-electron chi connectivity index (χ2n) is 19.9. The molecule has 0 rings (SSSR count). The largest absolute Gasteiger partial charge is 0.462 e. The Morgan fingerprint density at radius 2 is 0.608 bits per heavy atom. The first-order valence-electron chi connectivity index (χ1n) is 30.7. The number of ether oxygens (including phenoxy) is 3. The molecule has 1 unspecified atom stereocenters. The molecule has 0 radical (unpaired) electrons. The normalized spacial score (nSPS) is 13.2. The summed E-state index contributed by atoms with van der Waals surface area (Å²) in [6, 6.07) is 0. The van der Waals surface area contributed by atoms with E-state index in [0.717, 1.165) is 122 Å². The van der Waals surface area contributed by atoms with Crippen LogP contribution in [0.5, 0.6) is 0 Å². The van der Waals surface area contributed by atoms with Crippen molar-refractivity contribution in [1.29, 1.82) is 0 Å². The van der Waals surface area contributed by atoms with Crippen LogP contribution in [0.25, 0.3) is 0 Å². The van der Waals surface area contributed by atoms with Crippen molar-refractivity contribution in [3.8, 4) is 0 Å². The van der Waals surface area contributed by atoms with Gasteiger partial charge in [0.2, 0.25) is 0 Å². The van der Waals surface area contributed by atoms with Gasteiger partial charge in [-0.1, -0.05) is 244 Å². The third kappa shape index (κ3) is 60.6. The molecule has 5 heteroatoms. The van der Waals surface area contributed by atoms with Gasteiger partial charge in [0.25, 0.3) is 0 Å². The summed E-state index contributed by atoms with van der Waals surface area (Å²) in [7, 11) is 0. The van der Waals surface area contributed by atoms with Crippen LogP contribution >= 0.6 is 0 Å². The van der Waals surface area contributed by atoms with Gasteiger partial charge in [0.15, 0.2) is 6.10 Å². The van der Waals surface area contributed by atoms with E-state index in [0.29, 0.717) is 19.4 Å². The van der Waals surface area contributed by atoms with Crippen molar-refractivity contribution in [2.24, 2.45) is 0 Å². The Balaban J connectivity index is 4.43. The summed E-state index contributed by atoms with van der Waals surface area (Å²) < 4.78 is 17.5. The third-order valence-corrected chi connectivity index (χ3v) is 12.6. The first-order valence-corrected chi connectivity index (χ1v) is 30.7. The molecule has 0 spiro atoms. The molecule has 0 aromatic rings. The molecule has 0 bridgehead atoms. The first kappa shape index (κ1) is 70.0. The number of esters is 2. The molecule has 0 aliphatic rings. The third-order valence-electron chi connectivity index (χ3n) is 12.6. The summed E-state index contributed by atoms with van der Waals surface area (Å²) in [5.41, 5.74) is 0. The van der Waals surface area contributed by atoms with Gasteiger partial charge in [-0.3, -0.25) is 9.59 Å². The summed E-state index contributed by atoms with van der Waals surface area (Å²) in [4.78, 5) is 25.6. The standard InChI is InChI=1S/C69H114O5/c1-4-7-10-13-16-19-22-25-28-31-34-37-40-43-46-49-52-55-58-61-64-72-65-67(74-69(71)63-60-57-54-51-48-45-42-39-36-33-30-27-24-21-18-15-12-9-6-3)66-73-68(70)62-59-56-53-50-47-44-41-38-35-32-29-26-23-20-17-14-11-8-5-2/h8,11,16-21,25-30,34-39,44,47,67H,4-7,9-10,12-15,22-24,31-33,40-43,45-46,48-66H2,1-3H3/b11-8-,19-16-,20-17-,21-18-,28-25-,29-26-,30-27-,37-34-,38-35-,39-36-,47-44-. The van der Waals surface area contributed by atoms with Crippen LogP contribution in [0.3, 0.4) is 0 Å². The minimum absolute atomic E-state index is 0.0502. The van der Waals surface area contributed by atoms with E-state index in [2.05, 4.69) is 154 Å². The molecule has 0 aromatic heterocycles. The second-order valence-corrected chi connectivity index (χ2v) is 19.9. The van der Waals surface area contributed by atoms with Gasteiger partial charge in [0, 0.05) is 19.4 Å². The number of hydrogen-bond acceptors (Lipinski definition) is 5. The number of rotatable bonds is 55. The molecule has 1 atom stereocenters. The molecule has 0 saturated carbocycles. The van der Waals surface area contributed by atoms with E-state index in [9.17, 15) is 9.59 Å². The van der Waals surface area contributed by atoms with E-state index in [1.165, 1.54) is 109 Å². The number of carbonyl (C=O) groups is 2. The fourth-order valence-corrected chi connectivity index (χ4v) is 8.08. The lowest BCUT2D eigenvalue weighted by molar-refractivity contribution is -0.163. The highest BCUT2D eigenvalue weighted by Gasteiger charge is 2.17. The maximum Gasteiger partial charge on any atom is 0.306 e. The van der Waals surface area contributed by atoms with Crippen molar-refractivity contribution in [3.05, 3.63) is 134 Å². The first-order chi connectivity index (χ1) is 36.6. The molecule has 0 heterocycles. The monoisotopic (exact) mass is 1020 g/mol. The van der Waals surface area contributed by atoms with Crippen molar-refractivity contribution in [3.63, 3.8) is 0 Å². The van der Waals surface area contributed by atoms with E-state index in [4.69, 9.17) is 14.2 Å². The van der Waals surface area contributed by atoms with Crippen LogP contribution in [0.1, 0.15) is 265 Å². The topological polar surface area (TPSA) is 61.8 Å². The van der Waals surface area contributed by atoms with E-state index in [-0.39, 0.29) is 25.2 Å². The Kier molecular flexibility index (Phi) is 59.9. The second kappa shape index (κ2) is 63.3. The van der Waals surface area contributed by atoms with Crippen LogP contribution in [-0.2, 0) is 23.8 Å². The lowest BCUT2D eigenvalue weighted by Gasteiger charge is -2.18. The quantitative estimate of drug-likeness (QED) is 0.0345. The lowest BCUT2D eigenvalue weighted by Crippen LogP contribution is -2.30. The Morgan fingerprint density at radius 1 is 0.311 bits per heavy atom. The molecule has 0 aliphatic heterocycles. The van der Waals surface area contributed by atoms with Gasteiger partial charge in [-0.25, -0.2) is 0 Å². The molecule has 420 valence electrons. The van der Waals surface area contributed by atoms with Gasteiger partial charge in [0.05, 0.1) is 6.61 Å². The highest BCUT2D eigenvalue weighted by Crippen LogP contribution is 2.13. The van der Waals surface area contributed by atoms with E-state index >= 15 is 0 Å². The molecule has 5 nitrogen and oxygen atoms in total. The van der Waals surface area contributed by atoms with Crippen LogP contribution in [-0.4, -0.2) is 37.9 Å². The molecule has 0 saturated heterocycles. The number of carbonyl (C=O) groups excluding carboxylic acids is 2. The van der Waals surface area contributed by atoms with Gasteiger partial charge < -0.3 is 14.2 Å². The van der Waals surface area contributed by atoms with Gasteiger partial charge >= 0.3 is 11.9 Å². The summed E-state index contributed by atoms with van der Waals surface area (Å²) in [5.74, 6) is -0.458. The van der Waals surface area contributed by atoms with Crippen LogP contribution in [0.2, 0.25) is 0 Å². The fraction of sp³-hybridized carbons (Fsp3) is 0.652. The van der Waals surface area contributed by atoms with Crippen molar-refractivity contribution >= 4 is 11.9 Å². The van der Waals surface area contributed by atoms with Crippen LogP contribution in [0.4, 0.5) is 0 Å². The number of allylic oxidation sites excluding steroid dienone is 22. The Hall–Kier alpha value is -3.96. The zero-order valence-corrected chi connectivity index (χ0v) is 48.3. The Morgan fingerprint density at radius 3 is 0.986 bits per heavy atom. The highest BCUT2D eigenvalue weighted by atomic mass is 16.6. The van der Waals surface area contributed by atoms with Crippen molar-refractivity contribution in [2.45, 2.75) is 271 Å².